The van der Waals surface area contributed by atoms with Crippen LogP contribution >= 0.6 is 11.8 Å². The highest BCUT2D eigenvalue weighted by molar-refractivity contribution is 7.98. The number of amides is 2. The van der Waals surface area contributed by atoms with E-state index in [4.69, 9.17) is 0 Å². The Hall–Kier alpha value is -2.34. The molecule has 5 nitrogen and oxygen atoms in total. The minimum Gasteiger partial charge on any atom is -0.345 e. The number of hydrogen-bond donors (Lipinski definition) is 1. The highest BCUT2D eigenvalue weighted by atomic mass is 32.2. The first-order valence-corrected chi connectivity index (χ1v) is 8.78. The smallest absolute Gasteiger partial charge is 0.229 e. The van der Waals surface area contributed by atoms with Crippen molar-refractivity contribution in [3.05, 3.63) is 54.2 Å². The number of carbonyl (C=O) groups excluding carboxylic acids is 2. The van der Waals surface area contributed by atoms with E-state index in [-0.39, 0.29) is 24.2 Å². The fourth-order valence-corrected chi connectivity index (χ4v) is 3.42. The third-order valence-electron chi connectivity index (χ3n) is 3.93. The molecule has 3 rings (SSSR count). The zero-order chi connectivity index (χ0) is 16.9. The zero-order valence-corrected chi connectivity index (χ0v) is 14.3. The molecule has 2 amide bonds. The Kier molecular flexibility index (Phi) is 5.15. The second-order valence-corrected chi connectivity index (χ2v) is 6.82. The fraction of sp³-hybridized carbons (Fsp3) is 0.278. The van der Waals surface area contributed by atoms with E-state index in [0.29, 0.717) is 6.54 Å². The van der Waals surface area contributed by atoms with Crippen LogP contribution in [-0.2, 0) is 15.3 Å². The third kappa shape index (κ3) is 4.14. The van der Waals surface area contributed by atoms with Crippen LogP contribution in [0.2, 0.25) is 0 Å². The van der Waals surface area contributed by atoms with Crippen LogP contribution in [0.3, 0.4) is 0 Å². The van der Waals surface area contributed by atoms with Gasteiger partial charge in [-0.1, -0.05) is 18.2 Å². The quantitative estimate of drug-likeness (QED) is 0.850. The summed E-state index contributed by atoms with van der Waals surface area (Å²) >= 11 is 1.65. The average Bonchev–Trinajstić information content (AvgIpc) is 2.94. The predicted octanol–water partition coefficient (Wildman–Crippen LogP) is 2.79. The molecule has 0 spiro atoms. The van der Waals surface area contributed by atoms with Crippen LogP contribution in [0.25, 0.3) is 0 Å². The lowest BCUT2D eigenvalue weighted by atomic mass is 10.1. The van der Waals surface area contributed by atoms with Gasteiger partial charge in [-0.3, -0.25) is 9.59 Å². The summed E-state index contributed by atoms with van der Waals surface area (Å²) in [5.74, 6) is 0.442. The molecule has 1 aliphatic rings. The van der Waals surface area contributed by atoms with Crippen molar-refractivity contribution in [2.24, 2.45) is 5.92 Å². The van der Waals surface area contributed by atoms with Crippen molar-refractivity contribution in [1.82, 2.24) is 9.88 Å². The van der Waals surface area contributed by atoms with Crippen LogP contribution in [-0.4, -0.2) is 35.3 Å². The van der Waals surface area contributed by atoms with Crippen LogP contribution in [0, 0.1) is 5.92 Å². The Morgan fingerprint density at radius 3 is 2.92 bits per heavy atom. The number of aromatic nitrogens is 1. The van der Waals surface area contributed by atoms with Gasteiger partial charge in [-0.2, -0.15) is 0 Å². The van der Waals surface area contributed by atoms with Gasteiger partial charge in [0.25, 0.3) is 0 Å². The Labute approximate surface area is 145 Å². The normalized spacial score (nSPS) is 17.1. The Balaban J connectivity index is 1.59. The maximum Gasteiger partial charge on any atom is 0.229 e. The predicted molar refractivity (Wildman–Crippen MR) is 94.6 cm³/mol. The minimum absolute atomic E-state index is 0.0238. The van der Waals surface area contributed by atoms with Crippen molar-refractivity contribution < 1.29 is 9.59 Å². The van der Waals surface area contributed by atoms with Gasteiger partial charge in [-0.15, -0.1) is 11.8 Å². The average molecular weight is 341 g/mol. The number of carbonyl (C=O) groups is 2. The SMILES string of the molecule is CN1C[C@H](C(=O)Nc2cccc(CSc3ccccn3)c2)CC1=O. The van der Waals surface area contributed by atoms with Crippen molar-refractivity contribution in [3.63, 3.8) is 0 Å². The van der Waals surface area contributed by atoms with Gasteiger partial charge in [0.15, 0.2) is 0 Å². The molecule has 1 aliphatic heterocycles. The van der Waals surface area contributed by atoms with E-state index in [1.807, 2.05) is 42.5 Å². The molecule has 1 aromatic heterocycles. The van der Waals surface area contributed by atoms with E-state index in [1.54, 1.807) is 29.9 Å². The van der Waals surface area contributed by atoms with E-state index in [1.165, 1.54) is 0 Å². The molecule has 2 aromatic rings. The molecule has 24 heavy (non-hydrogen) atoms. The summed E-state index contributed by atoms with van der Waals surface area (Å²) in [6.45, 7) is 0.486. The summed E-state index contributed by atoms with van der Waals surface area (Å²) in [5, 5.41) is 3.89. The van der Waals surface area contributed by atoms with Crippen molar-refractivity contribution in [1.29, 1.82) is 0 Å². The lowest BCUT2D eigenvalue weighted by Crippen LogP contribution is -2.25. The number of rotatable bonds is 5. The molecule has 1 fully saturated rings. The fourth-order valence-electron chi connectivity index (χ4n) is 2.61. The molecule has 0 bridgehead atoms. The summed E-state index contributed by atoms with van der Waals surface area (Å²) < 4.78 is 0. The zero-order valence-electron chi connectivity index (χ0n) is 13.4. The summed E-state index contributed by atoms with van der Waals surface area (Å²) in [6, 6.07) is 13.6. The Morgan fingerprint density at radius 2 is 2.21 bits per heavy atom. The number of anilines is 1. The van der Waals surface area contributed by atoms with Crippen LogP contribution in [0.4, 0.5) is 5.69 Å². The lowest BCUT2D eigenvalue weighted by Gasteiger charge is -2.12. The molecule has 0 unspecified atom stereocenters. The molecular weight excluding hydrogens is 322 g/mol. The van der Waals surface area contributed by atoms with Gasteiger partial charge in [0.1, 0.15) is 0 Å². The Bertz CT molecular complexity index is 736. The summed E-state index contributed by atoms with van der Waals surface area (Å²) in [7, 11) is 1.73. The molecule has 6 heteroatoms. The van der Waals surface area contributed by atoms with Gasteiger partial charge in [0, 0.05) is 37.7 Å². The number of nitrogens with zero attached hydrogens (tertiary/aromatic N) is 2. The highest BCUT2D eigenvalue weighted by Gasteiger charge is 2.32. The van der Waals surface area contributed by atoms with Gasteiger partial charge in [-0.25, -0.2) is 4.98 Å². The van der Waals surface area contributed by atoms with E-state index in [0.717, 1.165) is 22.0 Å². The van der Waals surface area contributed by atoms with E-state index in [9.17, 15) is 9.59 Å². The van der Waals surface area contributed by atoms with Crippen LogP contribution in [0.5, 0.6) is 0 Å². The standard InChI is InChI=1S/C18H19N3O2S/c1-21-11-14(10-17(21)22)18(23)20-15-6-4-5-13(9-15)12-24-16-7-2-3-8-19-16/h2-9,14H,10-12H2,1H3,(H,20,23)/t14-/m1/s1. The molecule has 0 saturated carbocycles. The van der Waals surface area contributed by atoms with Gasteiger partial charge in [-0.05, 0) is 29.8 Å². The third-order valence-corrected chi connectivity index (χ3v) is 4.95. The highest BCUT2D eigenvalue weighted by Crippen LogP contribution is 2.23. The number of likely N-dealkylation sites (tertiary alicyclic amines) is 1. The maximum atomic E-state index is 12.3. The Morgan fingerprint density at radius 1 is 1.33 bits per heavy atom. The van der Waals surface area contributed by atoms with Gasteiger partial charge >= 0.3 is 0 Å². The molecule has 2 heterocycles. The molecule has 1 aromatic carbocycles. The number of hydrogen-bond acceptors (Lipinski definition) is 4. The van der Waals surface area contributed by atoms with E-state index >= 15 is 0 Å². The van der Waals surface area contributed by atoms with Crippen LogP contribution in [0.1, 0.15) is 12.0 Å². The first kappa shape index (κ1) is 16.5. The number of thioether (sulfide) groups is 1. The summed E-state index contributed by atoms with van der Waals surface area (Å²) in [4.78, 5) is 29.7. The maximum absolute atomic E-state index is 12.3. The lowest BCUT2D eigenvalue weighted by molar-refractivity contribution is -0.127. The number of pyridine rings is 1. The molecular formula is C18H19N3O2S. The topological polar surface area (TPSA) is 62.3 Å². The van der Waals surface area contributed by atoms with Crippen molar-refractivity contribution in [3.8, 4) is 0 Å². The summed E-state index contributed by atoms with van der Waals surface area (Å²) in [6.07, 6.45) is 2.07. The molecule has 124 valence electrons. The molecule has 0 radical (unpaired) electrons. The first-order chi connectivity index (χ1) is 11.6. The second-order valence-electron chi connectivity index (χ2n) is 5.82. The van der Waals surface area contributed by atoms with Crippen molar-refractivity contribution in [2.45, 2.75) is 17.2 Å². The van der Waals surface area contributed by atoms with Gasteiger partial charge in [0.05, 0.1) is 10.9 Å². The van der Waals surface area contributed by atoms with Crippen molar-refractivity contribution >= 4 is 29.3 Å². The second kappa shape index (κ2) is 7.49. The van der Waals surface area contributed by atoms with E-state index < -0.39 is 0 Å². The molecule has 0 aliphatic carbocycles. The molecule has 1 N–H and O–H groups in total. The van der Waals surface area contributed by atoms with E-state index in [2.05, 4.69) is 10.3 Å². The summed E-state index contributed by atoms with van der Waals surface area (Å²) in [5.41, 5.74) is 1.88. The van der Waals surface area contributed by atoms with Gasteiger partial charge < -0.3 is 10.2 Å². The van der Waals surface area contributed by atoms with Crippen molar-refractivity contribution in [2.75, 3.05) is 18.9 Å². The monoisotopic (exact) mass is 341 g/mol. The van der Waals surface area contributed by atoms with Gasteiger partial charge in [0.2, 0.25) is 11.8 Å². The molecule has 1 saturated heterocycles. The first-order valence-electron chi connectivity index (χ1n) is 7.79. The van der Waals surface area contributed by atoms with Crippen LogP contribution in [0.15, 0.2) is 53.7 Å². The number of benzene rings is 1. The number of nitrogens with one attached hydrogen (secondary N) is 1. The van der Waals surface area contributed by atoms with Crippen LogP contribution < -0.4 is 5.32 Å². The minimum atomic E-state index is -0.269. The molecule has 1 atom stereocenters. The largest absolute Gasteiger partial charge is 0.345 e.